The number of nitrogens with zero attached hydrogens (tertiary/aromatic N) is 4. The average Bonchev–Trinajstić information content (AvgIpc) is 2.98. The van der Waals surface area contributed by atoms with Crippen molar-refractivity contribution in [3.05, 3.63) is 69.9 Å². The molecule has 4 rings (SSSR count). The summed E-state index contributed by atoms with van der Waals surface area (Å²) in [7, 11) is 0. The summed E-state index contributed by atoms with van der Waals surface area (Å²) in [5.41, 5.74) is 6.26. The summed E-state index contributed by atoms with van der Waals surface area (Å²) in [4.78, 5) is 39.7. The third-order valence-electron chi connectivity index (χ3n) is 3.75. The molecule has 3 aromatic heterocycles. The number of halogens is 1. The fourth-order valence-corrected chi connectivity index (χ4v) is 2.73. The predicted molar refractivity (Wildman–Crippen MR) is 96.2 cm³/mol. The first kappa shape index (κ1) is 16.0. The molecule has 8 nitrogen and oxygen atoms in total. The van der Waals surface area contributed by atoms with Gasteiger partial charge >= 0.3 is 5.69 Å². The molecule has 0 saturated heterocycles. The number of H-pyrrole nitrogens is 1. The first-order valence-electron chi connectivity index (χ1n) is 7.54. The fourth-order valence-electron chi connectivity index (χ4n) is 2.60. The maximum atomic E-state index is 12.5. The van der Waals surface area contributed by atoms with Gasteiger partial charge in [0.2, 0.25) is 0 Å². The van der Waals surface area contributed by atoms with Crippen molar-refractivity contribution in [2.45, 2.75) is 0 Å². The molecule has 0 aliphatic carbocycles. The number of amides is 1. The van der Waals surface area contributed by atoms with Crippen LogP contribution in [0.2, 0.25) is 5.02 Å². The summed E-state index contributed by atoms with van der Waals surface area (Å²) in [5.74, 6) is -0.590. The lowest BCUT2D eigenvalue weighted by atomic mass is 10.3. The van der Waals surface area contributed by atoms with Crippen LogP contribution < -0.4 is 11.4 Å². The summed E-state index contributed by atoms with van der Waals surface area (Å²) in [6.45, 7) is 0. The zero-order valence-corrected chi connectivity index (χ0v) is 13.9. The van der Waals surface area contributed by atoms with Crippen LogP contribution in [0.25, 0.3) is 28.4 Å². The minimum absolute atomic E-state index is 0.0829. The second kappa shape index (κ2) is 6.08. The highest BCUT2D eigenvalue weighted by atomic mass is 35.5. The number of aromatic amines is 1. The second-order valence-corrected chi connectivity index (χ2v) is 5.85. The van der Waals surface area contributed by atoms with Crippen LogP contribution in [0.5, 0.6) is 0 Å². The Kier molecular flexibility index (Phi) is 3.74. The molecule has 1 amide bonds. The Morgan fingerprint density at radius 2 is 1.88 bits per heavy atom. The van der Waals surface area contributed by atoms with E-state index < -0.39 is 11.6 Å². The molecule has 0 bridgehead atoms. The van der Waals surface area contributed by atoms with E-state index in [1.165, 1.54) is 4.57 Å². The quantitative estimate of drug-likeness (QED) is 0.574. The van der Waals surface area contributed by atoms with Gasteiger partial charge in [-0.3, -0.25) is 9.78 Å². The lowest BCUT2D eigenvalue weighted by molar-refractivity contribution is 0.0997. The number of carbonyl (C=O) groups excluding carboxylic acids is 1. The number of hydrogen-bond acceptors (Lipinski definition) is 5. The van der Waals surface area contributed by atoms with E-state index in [0.29, 0.717) is 16.4 Å². The van der Waals surface area contributed by atoms with Crippen LogP contribution in [0.1, 0.15) is 10.5 Å². The number of nitrogens with one attached hydrogen (secondary N) is 1. The smallest absolute Gasteiger partial charge is 0.332 e. The van der Waals surface area contributed by atoms with Crippen molar-refractivity contribution < 1.29 is 4.79 Å². The molecule has 4 aromatic rings. The monoisotopic (exact) mass is 366 g/mol. The van der Waals surface area contributed by atoms with Crippen LogP contribution >= 0.6 is 11.6 Å². The van der Waals surface area contributed by atoms with E-state index in [4.69, 9.17) is 17.3 Å². The van der Waals surface area contributed by atoms with Crippen molar-refractivity contribution >= 4 is 28.7 Å². The van der Waals surface area contributed by atoms with Gasteiger partial charge in [0.15, 0.2) is 17.2 Å². The van der Waals surface area contributed by atoms with Gasteiger partial charge in [-0.2, -0.15) is 0 Å². The van der Waals surface area contributed by atoms with E-state index in [1.54, 1.807) is 48.7 Å². The molecular formula is C17H11ClN6O2. The lowest BCUT2D eigenvalue weighted by Gasteiger charge is -2.06. The summed E-state index contributed by atoms with van der Waals surface area (Å²) in [6, 6.07) is 11.9. The van der Waals surface area contributed by atoms with Crippen LogP contribution in [0, 0.1) is 0 Å². The minimum Gasteiger partial charge on any atom is -0.364 e. The van der Waals surface area contributed by atoms with Crippen molar-refractivity contribution in [1.82, 2.24) is 24.5 Å². The molecule has 3 heterocycles. The number of carbonyl (C=O) groups is 1. The standard InChI is InChI=1S/C17H11ClN6O2/c18-9-4-6-10(7-5-9)24-16-13(22-17(24)26)12(14(19)25)21-15(23-16)11-3-1-2-8-20-11/h1-8H,(H2,19,25)(H,22,26). The molecule has 26 heavy (non-hydrogen) atoms. The minimum atomic E-state index is -0.779. The Labute approximate surface area is 151 Å². The van der Waals surface area contributed by atoms with Gasteiger partial charge in [0, 0.05) is 11.2 Å². The SMILES string of the molecule is NC(=O)c1nc(-c2ccccn2)nc2c1[nH]c(=O)n2-c1ccc(Cl)cc1. The molecule has 3 N–H and O–H groups in total. The third kappa shape index (κ3) is 2.62. The van der Waals surface area contributed by atoms with Gasteiger partial charge in [-0.25, -0.2) is 19.3 Å². The summed E-state index contributed by atoms with van der Waals surface area (Å²) in [6.07, 6.45) is 1.58. The van der Waals surface area contributed by atoms with E-state index >= 15 is 0 Å². The van der Waals surface area contributed by atoms with Gasteiger partial charge < -0.3 is 10.7 Å². The highest BCUT2D eigenvalue weighted by Crippen LogP contribution is 2.21. The molecule has 0 saturated carbocycles. The lowest BCUT2D eigenvalue weighted by Crippen LogP contribution is -2.15. The van der Waals surface area contributed by atoms with Crippen LogP contribution in [0.4, 0.5) is 0 Å². The maximum absolute atomic E-state index is 12.5. The molecule has 0 spiro atoms. The third-order valence-corrected chi connectivity index (χ3v) is 4.00. The van der Waals surface area contributed by atoms with Crippen LogP contribution in [-0.2, 0) is 0 Å². The number of fused-ring (bicyclic) bond motifs is 1. The first-order valence-corrected chi connectivity index (χ1v) is 7.92. The average molecular weight is 367 g/mol. The van der Waals surface area contributed by atoms with Crippen LogP contribution in [-0.4, -0.2) is 30.4 Å². The van der Waals surface area contributed by atoms with Crippen molar-refractivity contribution in [2.75, 3.05) is 0 Å². The number of hydrogen-bond donors (Lipinski definition) is 2. The largest absolute Gasteiger partial charge is 0.364 e. The van der Waals surface area contributed by atoms with Gasteiger partial charge in [0.1, 0.15) is 11.2 Å². The Hall–Kier alpha value is -3.52. The number of rotatable bonds is 3. The van der Waals surface area contributed by atoms with Crippen LogP contribution in [0.3, 0.4) is 0 Å². The number of aromatic nitrogens is 5. The topological polar surface area (TPSA) is 120 Å². The Morgan fingerprint density at radius 3 is 2.54 bits per heavy atom. The number of imidazole rings is 1. The van der Waals surface area contributed by atoms with Crippen molar-refractivity contribution in [2.24, 2.45) is 5.73 Å². The van der Waals surface area contributed by atoms with Crippen molar-refractivity contribution in [1.29, 1.82) is 0 Å². The molecule has 0 aliphatic rings. The fraction of sp³-hybridized carbons (Fsp3) is 0. The second-order valence-electron chi connectivity index (χ2n) is 5.42. The highest BCUT2D eigenvalue weighted by Gasteiger charge is 2.20. The molecule has 0 unspecified atom stereocenters. The predicted octanol–water partition coefficient (Wildman–Crippen LogP) is 1.92. The Bertz CT molecular complexity index is 1180. The number of benzene rings is 1. The van der Waals surface area contributed by atoms with E-state index in [2.05, 4.69) is 19.9 Å². The molecular weight excluding hydrogens is 356 g/mol. The Morgan fingerprint density at radius 1 is 1.12 bits per heavy atom. The zero-order valence-electron chi connectivity index (χ0n) is 13.2. The van der Waals surface area contributed by atoms with E-state index in [9.17, 15) is 9.59 Å². The highest BCUT2D eigenvalue weighted by molar-refractivity contribution is 6.30. The van der Waals surface area contributed by atoms with Gasteiger partial charge in [0.25, 0.3) is 5.91 Å². The summed E-state index contributed by atoms with van der Waals surface area (Å²) < 4.78 is 1.33. The normalized spacial score (nSPS) is 11.0. The van der Waals surface area contributed by atoms with Crippen molar-refractivity contribution in [3.8, 4) is 17.2 Å². The molecule has 0 aliphatic heterocycles. The molecule has 0 atom stereocenters. The molecule has 1 aromatic carbocycles. The van der Waals surface area contributed by atoms with E-state index in [0.717, 1.165) is 0 Å². The summed E-state index contributed by atoms with van der Waals surface area (Å²) >= 11 is 5.91. The molecule has 9 heteroatoms. The molecule has 128 valence electrons. The van der Waals surface area contributed by atoms with Gasteiger partial charge in [0.05, 0.1) is 5.69 Å². The van der Waals surface area contributed by atoms with Gasteiger partial charge in [-0.15, -0.1) is 0 Å². The summed E-state index contributed by atoms with van der Waals surface area (Å²) in [5, 5.41) is 0.531. The van der Waals surface area contributed by atoms with Crippen molar-refractivity contribution in [3.63, 3.8) is 0 Å². The van der Waals surface area contributed by atoms with Gasteiger partial charge in [-0.05, 0) is 36.4 Å². The molecule has 0 fully saturated rings. The number of pyridine rings is 1. The van der Waals surface area contributed by atoms with E-state index in [1.807, 2.05) is 0 Å². The number of primary amides is 1. The maximum Gasteiger partial charge on any atom is 0.332 e. The number of nitrogens with two attached hydrogens (primary N) is 1. The van der Waals surface area contributed by atoms with Crippen LogP contribution in [0.15, 0.2) is 53.5 Å². The zero-order chi connectivity index (χ0) is 18.3. The Balaban J connectivity index is 2.06. The first-order chi connectivity index (χ1) is 12.5. The molecule has 0 radical (unpaired) electrons. The van der Waals surface area contributed by atoms with Gasteiger partial charge in [-0.1, -0.05) is 17.7 Å². The van der Waals surface area contributed by atoms with E-state index in [-0.39, 0.29) is 22.7 Å².